The number of nitrogens with zero attached hydrogens (tertiary/aromatic N) is 9. The van der Waals surface area contributed by atoms with E-state index in [4.69, 9.17) is 33.5 Å². The summed E-state index contributed by atoms with van der Waals surface area (Å²) in [5.74, 6) is 1.35. The molecule has 6 rings (SSSR count). The molecule has 1 saturated heterocycles. The minimum absolute atomic E-state index is 0.242. The number of methoxy groups -OCH3 is 1. The van der Waals surface area contributed by atoms with Gasteiger partial charge in [0.25, 0.3) is 5.88 Å². The highest BCUT2D eigenvalue weighted by Gasteiger charge is 2.32. The second-order valence-electron chi connectivity index (χ2n) is 13.9. The van der Waals surface area contributed by atoms with E-state index in [0.717, 1.165) is 49.9 Å². The van der Waals surface area contributed by atoms with E-state index in [-0.39, 0.29) is 24.4 Å². The number of aromatic nitrogens is 7. The lowest BCUT2D eigenvalue weighted by Crippen LogP contribution is -2.51. The Bertz CT molecular complexity index is 1750. The van der Waals surface area contributed by atoms with Gasteiger partial charge in [0.05, 0.1) is 69.6 Å². The smallest absolute Gasteiger partial charge is 0.257 e. The summed E-state index contributed by atoms with van der Waals surface area (Å²) in [5, 5.41) is 22.1. The molecule has 3 atom stereocenters. The summed E-state index contributed by atoms with van der Waals surface area (Å²) < 4.78 is 38.2. The molecule has 3 aromatic heterocycles. The molecule has 0 radical (unpaired) electrons. The fraction of sp³-hybridized carbons (Fsp3) is 0.579. The minimum atomic E-state index is -0.242. The molecule has 4 aromatic rings. The maximum atomic E-state index is 9.72. The summed E-state index contributed by atoms with van der Waals surface area (Å²) in [6.07, 6.45) is 13.1. The molecular weight excluding hydrogens is 692 g/mol. The molecule has 0 unspecified atom stereocenters. The van der Waals surface area contributed by atoms with Gasteiger partial charge in [-0.1, -0.05) is 6.07 Å². The molecular formula is C38H52N10O6. The van der Waals surface area contributed by atoms with Gasteiger partial charge in [0.2, 0.25) is 5.95 Å². The molecule has 1 aromatic carbocycles. The molecule has 0 amide bonds. The zero-order chi connectivity index (χ0) is 37.7. The number of hydrogen-bond acceptors (Lipinski definition) is 14. The van der Waals surface area contributed by atoms with Crippen LogP contribution >= 0.6 is 0 Å². The van der Waals surface area contributed by atoms with Crippen molar-refractivity contribution in [2.75, 3.05) is 65.2 Å². The van der Waals surface area contributed by atoms with Crippen LogP contribution in [0, 0.1) is 11.3 Å². The number of morpholine rings is 1. The predicted molar refractivity (Wildman–Crippen MR) is 200 cm³/mol. The highest BCUT2D eigenvalue weighted by Crippen LogP contribution is 2.35. The molecule has 1 saturated carbocycles. The monoisotopic (exact) mass is 744 g/mol. The number of nitriles is 1. The Morgan fingerprint density at radius 3 is 2.33 bits per heavy atom. The summed E-state index contributed by atoms with van der Waals surface area (Å²) in [7, 11) is 1.65. The topological polar surface area (TPSA) is 169 Å². The van der Waals surface area contributed by atoms with Gasteiger partial charge in [-0.2, -0.15) is 10.4 Å². The molecule has 290 valence electrons. The molecule has 1 aliphatic heterocycles. The van der Waals surface area contributed by atoms with Crippen LogP contribution < -0.4 is 14.8 Å². The van der Waals surface area contributed by atoms with E-state index in [9.17, 15) is 5.26 Å². The zero-order valence-electron chi connectivity index (χ0n) is 31.7. The van der Waals surface area contributed by atoms with Gasteiger partial charge in [0.15, 0.2) is 0 Å². The van der Waals surface area contributed by atoms with E-state index >= 15 is 0 Å². The molecule has 16 nitrogen and oxygen atoms in total. The van der Waals surface area contributed by atoms with Crippen LogP contribution in [0.4, 0.5) is 11.6 Å². The zero-order valence-corrected chi connectivity index (χ0v) is 31.7. The molecule has 1 N–H and O–H groups in total. The highest BCUT2D eigenvalue weighted by molar-refractivity contribution is 5.67. The normalized spacial score (nSPS) is 21.0. The standard InChI is InChI=1S/C38H52N10O6/c1-27-21-46(22-28(2)53-27)33-7-9-34(10-8-33)48-24-35(37(45-48)52-16-15-51-14-13-50-12-11-49-4)44-38-41-19-32(20-42-38)30-5-6-31(18-39)36(17-30)54-29(3)23-47-26-40-25-43-47/h5-6,17,19-20,24-29,33-34H,7-16,21-23H2,1-4H3,(H,41,42,44)/t27-,28+,29-,33?,34?/m0/s1. The van der Waals surface area contributed by atoms with Crippen LogP contribution in [-0.4, -0.2) is 124 Å². The second-order valence-corrected chi connectivity index (χ2v) is 13.9. The lowest BCUT2D eigenvalue weighted by atomic mass is 9.89. The molecule has 2 fully saturated rings. The number of benzene rings is 1. The maximum absolute atomic E-state index is 9.72. The molecule has 2 aliphatic rings. The first-order valence-electron chi connectivity index (χ1n) is 18.8. The Labute approximate surface area is 316 Å². The third-order valence-electron chi connectivity index (χ3n) is 9.55. The van der Waals surface area contributed by atoms with Gasteiger partial charge in [0, 0.05) is 44.2 Å². The van der Waals surface area contributed by atoms with E-state index < -0.39 is 0 Å². The Balaban J connectivity index is 1.10. The summed E-state index contributed by atoms with van der Waals surface area (Å²) >= 11 is 0. The van der Waals surface area contributed by atoms with Gasteiger partial charge in [0.1, 0.15) is 42.9 Å². The van der Waals surface area contributed by atoms with E-state index in [1.54, 1.807) is 36.6 Å². The van der Waals surface area contributed by atoms with Gasteiger partial charge >= 0.3 is 0 Å². The lowest BCUT2D eigenvalue weighted by Gasteiger charge is -2.42. The Kier molecular flexibility index (Phi) is 14.2. The predicted octanol–water partition coefficient (Wildman–Crippen LogP) is 4.67. The van der Waals surface area contributed by atoms with Crippen LogP contribution in [0.1, 0.15) is 58.1 Å². The van der Waals surface area contributed by atoms with Gasteiger partial charge in [-0.25, -0.2) is 19.6 Å². The molecule has 0 spiro atoms. The van der Waals surface area contributed by atoms with Crippen LogP contribution in [0.2, 0.25) is 0 Å². The Morgan fingerprint density at radius 1 is 0.944 bits per heavy atom. The van der Waals surface area contributed by atoms with Crippen molar-refractivity contribution < 1.29 is 28.4 Å². The van der Waals surface area contributed by atoms with Crippen LogP contribution in [0.15, 0.2) is 49.4 Å². The maximum Gasteiger partial charge on any atom is 0.257 e. The first-order valence-corrected chi connectivity index (χ1v) is 18.8. The molecule has 54 heavy (non-hydrogen) atoms. The van der Waals surface area contributed by atoms with Crippen molar-refractivity contribution in [1.29, 1.82) is 5.26 Å². The van der Waals surface area contributed by atoms with E-state index in [1.165, 1.54) is 6.33 Å². The lowest BCUT2D eigenvalue weighted by molar-refractivity contribution is -0.0852. The minimum Gasteiger partial charge on any atom is -0.487 e. The Morgan fingerprint density at radius 2 is 1.65 bits per heavy atom. The third kappa shape index (κ3) is 11.0. The average Bonchev–Trinajstić information content (AvgIpc) is 3.84. The van der Waals surface area contributed by atoms with Gasteiger partial charge < -0.3 is 33.7 Å². The van der Waals surface area contributed by atoms with E-state index in [2.05, 4.69) is 50.2 Å². The van der Waals surface area contributed by atoms with Crippen molar-refractivity contribution in [3.63, 3.8) is 0 Å². The molecule has 0 bridgehead atoms. The first-order chi connectivity index (χ1) is 26.4. The number of ether oxygens (including phenoxy) is 6. The van der Waals surface area contributed by atoms with Gasteiger partial charge in [-0.15, -0.1) is 5.10 Å². The highest BCUT2D eigenvalue weighted by atomic mass is 16.6. The molecule has 1 aliphatic carbocycles. The largest absolute Gasteiger partial charge is 0.487 e. The number of hydrogen-bond donors (Lipinski definition) is 1. The fourth-order valence-electron chi connectivity index (χ4n) is 7.02. The summed E-state index contributed by atoms with van der Waals surface area (Å²) in [5.41, 5.74) is 2.71. The van der Waals surface area contributed by atoms with Crippen LogP contribution in [0.5, 0.6) is 11.6 Å². The third-order valence-corrected chi connectivity index (χ3v) is 9.55. The molecule has 4 heterocycles. The quantitative estimate of drug-likeness (QED) is 0.132. The van der Waals surface area contributed by atoms with Crippen LogP contribution in [0.25, 0.3) is 11.1 Å². The van der Waals surface area contributed by atoms with E-state index in [1.807, 2.05) is 29.9 Å². The summed E-state index contributed by atoms with van der Waals surface area (Å²) in [6, 6.07) is 8.46. The van der Waals surface area contributed by atoms with Crippen LogP contribution in [-0.2, 0) is 25.5 Å². The van der Waals surface area contributed by atoms with Crippen LogP contribution in [0.3, 0.4) is 0 Å². The van der Waals surface area contributed by atoms with Crippen molar-refractivity contribution in [2.45, 2.75) is 83.4 Å². The number of rotatable bonds is 19. The van der Waals surface area contributed by atoms with Crippen molar-refractivity contribution >= 4 is 11.6 Å². The second kappa shape index (κ2) is 19.6. The first kappa shape index (κ1) is 39.0. The van der Waals surface area contributed by atoms with Crippen molar-refractivity contribution in [3.8, 4) is 28.8 Å². The van der Waals surface area contributed by atoms with Gasteiger partial charge in [-0.3, -0.25) is 9.58 Å². The number of nitrogens with one attached hydrogen (secondary N) is 1. The number of anilines is 2. The van der Waals surface area contributed by atoms with Crippen molar-refractivity contribution in [2.24, 2.45) is 0 Å². The Hall–Kier alpha value is -4.66. The van der Waals surface area contributed by atoms with Crippen molar-refractivity contribution in [3.05, 3.63) is 55.0 Å². The van der Waals surface area contributed by atoms with Gasteiger partial charge in [-0.05, 0) is 64.2 Å². The SMILES string of the molecule is COCCOCCOCCOc1nn(C2CCC(N3C[C@@H](C)O[C@@H](C)C3)CC2)cc1Nc1ncc(-c2ccc(C#N)c(O[C@@H](C)Cn3cncn3)c2)cn1. The van der Waals surface area contributed by atoms with E-state index in [0.29, 0.717) is 81.1 Å². The summed E-state index contributed by atoms with van der Waals surface area (Å²) in [6.45, 7) is 11.5. The molecule has 16 heteroatoms. The summed E-state index contributed by atoms with van der Waals surface area (Å²) in [4.78, 5) is 15.8. The fourth-order valence-corrected chi connectivity index (χ4v) is 7.02. The van der Waals surface area contributed by atoms with Crippen molar-refractivity contribution in [1.82, 2.24) is 39.4 Å². The average molecular weight is 745 g/mol.